The molecule has 1 aromatic carbocycles. The van der Waals surface area contributed by atoms with Crippen molar-refractivity contribution < 1.29 is 14.3 Å². The fraction of sp³-hybridized carbons (Fsp3) is 0.250. The van der Waals surface area contributed by atoms with E-state index in [0.29, 0.717) is 36.7 Å². The van der Waals surface area contributed by atoms with Crippen molar-refractivity contribution >= 4 is 5.78 Å². The molecular weight excluding hydrogens is 192 g/mol. The second kappa shape index (κ2) is 4.17. The lowest BCUT2D eigenvalue weighted by Crippen LogP contribution is -2.16. The normalized spacial score (nSPS) is 14.0. The van der Waals surface area contributed by atoms with Crippen LogP contribution in [-0.4, -0.2) is 19.0 Å². The van der Waals surface area contributed by atoms with E-state index in [1.165, 1.54) is 0 Å². The van der Waals surface area contributed by atoms with E-state index in [1.807, 2.05) is 6.07 Å². The highest BCUT2D eigenvalue weighted by Crippen LogP contribution is 2.32. The van der Waals surface area contributed by atoms with Gasteiger partial charge in [0.15, 0.2) is 5.78 Å². The minimum Gasteiger partial charge on any atom is -0.492 e. The smallest absolute Gasteiger partial charge is 0.173 e. The molecule has 78 valence electrons. The standard InChI is InChI=1S/C12H12O3/c1-2-7-14-10-4-3-5-11-12(10)9(13)6-8-15-11/h2-5H,1,6-8H2. The van der Waals surface area contributed by atoms with E-state index in [9.17, 15) is 4.79 Å². The van der Waals surface area contributed by atoms with Crippen LogP contribution in [0.1, 0.15) is 16.8 Å². The van der Waals surface area contributed by atoms with Gasteiger partial charge in [-0.15, -0.1) is 0 Å². The van der Waals surface area contributed by atoms with Gasteiger partial charge in [0.25, 0.3) is 0 Å². The molecule has 1 aliphatic heterocycles. The highest BCUT2D eigenvalue weighted by atomic mass is 16.5. The Kier molecular flexibility index (Phi) is 2.72. The Labute approximate surface area is 88.3 Å². The van der Waals surface area contributed by atoms with E-state index in [1.54, 1.807) is 18.2 Å². The Balaban J connectivity index is 2.37. The quantitative estimate of drug-likeness (QED) is 0.708. The van der Waals surface area contributed by atoms with Gasteiger partial charge in [0.2, 0.25) is 0 Å². The summed E-state index contributed by atoms with van der Waals surface area (Å²) in [6.07, 6.45) is 2.06. The molecule has 3 heteroatoms. The number of Topliss-reactive ketones (excluding diaryl/α,β-unsaturated/α-hetero) is 1. The first kappa shape index (κ1) is 9.77. The maximum absolute atomic E-state index is 11.7. The zero-order valence-corrected chi connectivity index (χ0v) is 8.36. The summed E-state index contributed by atoms with van der Waals surface area (Å²) in [6.45, 7) is 4.41. The van der Waals surface area contributed by atoms with Gasteiger partial charge in [-0.1, -0.05) is 18.7 Å². The third kappa shape index (κ3) is 1.86. The first-order valence-electron chi connectivity index (χ1n) is 4.85. The number of rotatable bonds is 3. The molecule has 0 N–H and O–H groups in total. The molecule has 0 aliphatic carbocycles. The molecule has 0 fully saturated rings. The van der Waals surface area contributed by atoms with Crippen molar-refractivity contribution in [1.29, 1.82) is 0 Å². The summed E-state index contributed by atoms with van der Waals surface area (Å²) >= 11 is 0. The van der Waals surface area contributed by atoms with Crippen LogP contribution >= 0.6 is 0 Å². The van der Waals surface area contributed by atoms with Crippen LogP contribution in [0.5, 0.6) is 11.5 Å². The molecular formula is C12H12O3. The van der Waals surface area contributed by atoms with Gasteiger partial charge in [-0.3, -0.25) is 4.79 Å². The summed E-state index contributed by atoms with van der Waals surface area (Å²) < 4.78 is 10.8. The Morgan fingerprint density at radius 3 is 3.20 bits per heavy atom. The molecule has 1 heterocycles. The molecule has 0 saturated carbocycles. The lowest BCUT2D eigenvalue weighted by molar-refractivity contribution is 0.0928. The molecule has 0 unspecified atom stereocenters. The lowest BCUT2D eigenvalue weighted by Gasteiger charge is -2.18. The number of hydrogen-bond acceptors (Lipinski definition) is 3. The summed E-state index contributed by atoms with van der Waals surface area (Å²) in [5.74, 6) is 1.28. The number of hydrogen-bond donors (Lipinski definition) is 0. The van der Waals surface area contributed by atoms with Crippen LogP contribution in [0.2, 0.25) is 0 Å². The Hall–Kier alpha value is -1.77. The fourth-order valence-electron chi connectivity index (χ4n) is 1.55. The summed E-state index contributed by atoms with van der Waals surface area (Å²) in [7, 11) is 0. The average molecular weight is 204 g/mol. The van der Waals surface area contributed by atoms with Crippen molar-refractivity contribution in [1.82, 2.24) is 0 Å². The van der Waals surface area contributed by atoms with Crippen LogP contribution in [0.25, 0.3) is 0 Å². The first-order chi connectivity index (χ1) is 7.33. The topological polar surface area (TPSA) is 35.5 Å². The number of carbonyl (C=O) groups is 1. The second-order valence-electron chi connectivity index (χ2n) is 3.25. The van der Waals surface area contributed by atoms with Gasteiger partial charge < -0.3 is 9.47 Å². The van der Waals surface area contributed by atoms with Gasteiger partial charge in [0, 0.05) is 6.42 Å². The summed E-state index contributed by atoms with van der Waals surface area (Å²) in [5.41, 5.74) is 0.561. The minimum atomic E-state index is 0.0795. The third-order valence-electron chi connectivity index (χ3n) is 2.21. The van der Waals surface area contributed by atoms with Gasteiger partial charge in [0.1, 0.15) is 23.7 Å². The third-order valence-corrected chi connectivity index (χ3v) is 2.21. The average Bonchev–Trinajstić information content (AvgIpc) is 2.26. The number of fused-ring (bicyclic) bond motifs is 1. The molecule has 15 heavy (non-hydrogen) atoms. The van der Waals surface area contributed by atoms with E-state index >= 15 is 0 Å². The highest BCUT2D eigenvalue weighted by Gasteiger charge is 2.22. The maximum atomic E-state index is 11.7. The van der Waals surface area contributed by atoms with Crippen molar-refractivity contribution in [2.24, 2.45) is 0 Å². The number of ketones is 1. The van der Waals surface area contributed by atoms with Crippen LogP contribution in [0.3, 0.4) is 0 Å². The van der Waals surface area contributed by atoms with Crippen LogP contribution in [0.15, 0.2) is 30.9 Å². The monoisotopic (exact) mass is 204 g/mol. The van der Waals surface area contributed by atoms with Crippen molar-refractivity contribution in [3.8, 4) is 11.5 Å². The van der Waals surface area contributed by atoms with E-state index in [2.05, 4.69) is 6.58 Å². The molecule has 0 bridgehead atoms. The van der Waals surface area contributed by atoms with E-state index in [4.69, 9.17) is 9.47 Å². The molecule has 3 nitrogen and oxygen atoms in total. The highest BCUT2D eigenvalue weighted by molar-refractivity contribution is 6.02. The van der Waals surface area contributed by atoms with Gasteiger partial charge in [-0.05, 0) is 12.1 Å². The summed E-state index contributed by atoms with van der Waals surface area (Å²) in [5, 5.41) is 0. The Morgan fingerprint density at radius 2 is 2.40 bits per heavy atom. The number of carbonyl (C=O) groups excluding carboxylic acids is 1. The van der Waals surface area contributed by atoms with Gasteiger partial charge in [-0.2, -0.15) is 0 Å². The van der Waals surface area contributed by atoms with Crippen LogP contribution in [0.4, 0.5) is 0 Å². The zero-order chi connectivity index (χ0) is 10.7. The Bertz CT molecular complexity index is 396. The molecule has 0 saturated heterocycles. The van der Waals surface area contributed by atoms with Crippen molar-refractivity contribution in [2.75, 3.05) is 13.2 Å². The van der Waals surface area contributed by atoms with Crippen molar-refractivity contribution in [3.63, 3.8) is 0 Å². The molecule has 0 atom stereocenters. The molecule has 0 radical (unpaired) electrons. The zero-order valence-electron chi connectivity index (χ0n) is 8.36. The number of benzene rings is 1. The van der Waals surface area contributed by atoms with Gasteiger partial charge in [-0.25, -0.2) is 0 Å². The largest absolute Gasteiger partial charge is 0.492 e. The second-order valence-corrected chi connectivity index (χ2v) is 3.25. The van der Waals surface area contributed by atoms with Crippen LogP contribution in [-0.2, 0) is 0 Å². The van der Waals surface area contributed by atoms with Gasteiger partial charge in [0.05, 0.1) is 6.61 Å². The van der Waals surface area contributed by atoms with E-state index in [0.717, 1.165) is 0 Å². The predicted molar refractivity (Wildman–Crippen MR) is 56.6 cm³/mol. The minimum absolute atomic E-state index is 0.0795. The number of ether oxygens (including phenoxy) is 2. The fourth-order valence-corrected chi connectivity index (χ4v) is 1.55. The van der Waals surface area contributed by atoms with E-state index < -0.39 is 0 Å². The molecule has 2 rings (SSSR count). The van der Waals surface area contributed by atoms with E-state index in [-0.39, 0.29) is 5.78 Å². The predicted octanol–water partition coefficient (Wildman–Crippen LogP) is 2.22. The summed E-state index contributed by atoms with van der Waals surface area (Å²) in [6, 6.07) is 5.37. The molecule has 0 amide bonds. The van der Waals surface area contributed by atoms with Gasteiger partial charge >= 0.3 is 0 Å². The lowest BCUT2D eigenvalue weighted by atomic mass is 10.0. The molecule has 1 aromatic rings. The van der Waals surface area contributed by atoms with Crippen molar-refractivity contribution in [2.45, 2.75) is 6.42 Å². The summed E-state index contributed by atoms with van der Waals surface area (Å²) in [4.78, 5) is 11.7. The molecule has 1 aliphatic rings. The molecule has 0 spiro atoms. The van der Waals surface area contributed by atoms with Crippen molar-refractivity contribution in [3.05, 3.63) is 36.4 Å². The molecule has 0 aromatic heterocycles. The van der Waals surface area contributed by atoms with Crippen LogP contribution < -0.4 is 9.47 Å². The first-order valence-corrected chi connectivity index (χ1v) is 4.85. The Morgan fingerprint density at radius 1 is 1.53 bits per heavy atom. The SMILES string of the molecule is C=CCOc1cccc2c1C(=O)CCO2. The van der Waals surface area contributed by atoms with Crippen LogP contribution in [0, 0.1) is 0 Å². The maximum Gasteiger partial charge on any atom is 0.173 e.